The van der Waals surface area contributed by atoms with E-state index in [2.05, 4.69) is 20.4 Å². The average Bonchev–Trinajstić information content (AvgIpc) is 3.02. The molecule has 6 nitrogen and oxygen atoms in total. The fourth-order valence-electron chi connectivity index (χ4n) is 2.26. The Morgan fingerprint density at radius 2 is 2.08 bits per heavy atom. The first-order valence-electron chi connectivity index (χ1n) is 7.15. The summed E-state index contributed by atoms with van der Waals surface area (Å²) in [4.78, 5) is 7.72. The van der Waals surface area contributed by atoms with Crippen LogP contribution in [-0.2, 0) is 0 Å². The summed E-state index contributed by atoms with van der Waals surface area (Å²) in [6.07, 6.45) is -3.48. The molecule has 0 bridgehead atoms. The molecule has 1 aromatic carbocycles. The Hall–Kier alpha value is -2.93. The Morgan fingerprint density at radius 1 is 1.35 bits per heavy atom. The number of alkyl halides is 3. The van der Waals surface area contributed by atoms with Crippen molar-refractivity contribution in [3.05, 3.63) is 41.1 Å². The maximum atomic E-state index is 14.4. The minimum absolute atomic E-state index is 0.0512. The molecule has 0 spiro atoms. The Labute approximate surface area is 149 Å². The van der Waals surface area contributed by atoms with Gasteiger partial charge >= 0.3 is 6.18 Å². The summed E-state index contributed by atoms with van der Waals surface area (Å²) in [7, 11) is 0. The summed E-state index contributed by atoms with van der Waals surface area (Å²) in [6, 6.07) is 3.30. The van der Waals surface area contributed by atoms with Crippen LogP contribution < -0.4 is 5.32 Å². The lowest BCUT2D eigenvalue weighted by molar-refractivity contribution is -0.138. The number of anilines is 1. The molecule has 3 rings (SSSR count). The zero-order valence-corrected chi connectivity index (χ0v) is 13.8. The monoisotopic (exact) mass is 384 g/mol. The van der Waals surface area contributed by atoms with Crippen LogP contribution in [0, 0.1) is 17.1 Å². The van der Waals surface area contributed by atoms with E-state index in [1.807, 2.05) is 0 Å². The lowest BCUT2D eigenvalue weighted by Gasteiger charge is -2.21. The highest BCUT2D eigenvalue weighted by atomic mass is 35.5. The first kappa shape index (κ1) is 17.9. The van der Waals surface area contributed by atoms with E-state index in [9.17, 15) is 17.6 Å². The largest absolute Gasteiger partial charge is 0.408 e. The van der Waals surface area contributed by atoms with Crippen LogP contribution in [0.1, 0.15) is 12.5 Å². The zero-order chi connectivity index (χ0) is 19.1. The van der Waals surface area contributed by atoms with Crippen molar-refractivity contribution in [2.75, 3.05) is 5.32 Å². The molecule has 0 fully saturated rings. The minimum atomic E-state index is -4.57. The van der Waals surface area contributed by atoms with Gasteiger partial charge in [0.2, 0.25) is 0 Å². The van der Waals surface area contributed by atoms with Crippen LogP contribution in [0.25, 0.3) is 16.9 Å². The number of nitrogens with one attached hydrogen (secondary N) is 1. The second kappa shape index (κ2) is 6.42. The van der Waals surface area contributed by atoms with Crippen molar-refractivity contribution in [2.45, 2.75) is 19.1 Å². The van der Waals surface area contributed by atoms with Crippen molar-refractivity contribution >= 4 is 23.2 Å². The molecular formula is C15H9ClF4N6. The first-order valence-corrected chi connectivity index (χ1v) is 7.52. The van der Waals surface area contributed by atoms with Gasteiger partial charge in [0.05, 0.1) is 17.2 Å². The maximum Gasteiger partial charge on any atom is 0.408 e. The van der Waals surface area contributed by atoms with Gasteiger partial charge in [-0.05, 0) is 25.1 Å². The van der Waals surface area contributed by atoms with Crippen LogP contribution in [-0.4, -0.2) is 31.8 Å². The van der Waals surface area contributed by atoms with Gasteiger partial charge in [0.25, 0.3) is 5.78 Å². The zero-order valence-electron chi connectivity index (χ0n) is 13.0. The van der Waals surface area contributed by atoms with Crippen molar-refractivity contribution in [2.24, 2.45) is 0 Å². The van der Waals surface area contributed by atoms with Gasteiger partial charge in [0, 0.05) is 5.56 Å². The van der Waals surface area contributed by atoms with Crippen molar-refractivity contribution in [3.63, 3.8) is 0 Å². The van der Waals surface area contributed by atoms with Crippen molar-refractivity contribution in [1.29, 1.82) is 5.26 Å². The molecule has 0 saturated heterocycles. The molecule has 1 N–H and O–H groups in total. The van der Waals surface area contributed by atoms with Gasteiger partial charge in [0.1, 0.15) is 29.2 Å². The van der Waals surface area contributed by atoms with E-state index in [0.29, 0.717) is 0 Å². The second-order valence-electron chi connectivity index (χ2n) is 5.31. The van der Waals surface area contributed by atoms with E-state index in [1.165, 1.54) is 12.1 Å². The number of aromatic nitrogens is 4. The van der Waals surface area contributed by atoms with E-state index in [4.69, 9.17) is 16.9 Å². The summed E-state index contributed by atoms with van der Waals surface area (Å²) in [5, 5.41) is 14.7. The van der Waals surface area contributed by atoms with E-state index in [0.717, 1.165) is 23.8 Å². The molecule has 11 heteroatoms. The Morgan fingerprint density at radius 3 is 2.69 bits per heavy atom. The maximum absolute atomic E-state index is 14.4. The van der Waals surface area contributed by atoms with Gasteiger partial charge in [-0.2, -0.15) is 38.0 Å². The van der Waals surface area contributed by atoms with E-state index in [1.54, 1.807) is 6.07 Å². The van der Waals surface area contributed by atoms with Gasteiger partial charge < -0.3 is 5.32 Å². The number of hydrogen-bond donors (Lipinski definition) is 1. The predicted molar refractivity (Wildman–Crippen MR) is 85.0 cm³/mol. The Balaban J connectivity index is 2.26. The summed E-state index contributed by atoms with van der Waals surface area (Å²) in [5.41, 5.74) is -0.200. The molecule has 134 valence electrons. The average molecular weight is 385 g/mol. The van der Waals surface area contributed by atoms with Crippen LogP contribution >= 0.6 is 11.6 Å². The fraction of sp³-hybridized carbons (Fsp3) is 0.200. The highest BCUT2D eigenvalue weighted by Gasteiger charge is 2.37. The number of nitriles is 1. The van der Waals surface area contributed by atoms with Gasteiger partial charge in [-0.1, -0.05) is 11.6 Å². The van der Waals surface area contributed by atoms with Crippen LogP contribution in [0.15, 0.2) is 24.5 Å². The third-order valence-corrected chi connectivity index (χ3v) is 3.87. The molecule has 2 heterocycles. The lowest BCUT2D eigenvalue weighted by atomic mass is 10.0. The number of benzene rings is 1. The van der Waals surface area contributed by atoms with Crippen molar-refractivity contribution in [1.82, 2.24) is 19.6 Å². The number of fused-ring (bicyclic) bond motifs is 1. The number of hydrogen-bond acceptors (Lipinski definition) is 5. The molecule has 0 aliphatic rings. The van der Waals surface area contributed by atoms with Crippen LogP contribution in [0.3, 0.4) is 0 Å². The second-order valence-corrected chi connectivity index (χ2v) is 5.67. The van der Waals surface area contributed by atoms with Crippen LogP contribution in [0.5, 0.6) is 0 Å². The third kappa shape index (κ3) is 3.13. The molecule has 0 aliphatic heterocycles. The van der Waals surface area contributed by atoms with Crippen molar-refractivity contribution in [3.8, 4) is 17.2 Å². The molecule has 1 atom stereocenters. The molecule has 1 unspecified atom stereocenters. The van der Waals surface area contributed by atoms with E-state index < -0.39 is 18.0 Å². The number of nitrogens with zero attached hydrogens (tertiary/aromatic N) is 5. The highest BCUT2D eigenvalue weighted by molar-refractivity contribution is 6.33. The van der Waals surface area contributed by atoms with Gasteiger partial charge in [-0.3, -0.25) is 0 Å². The molecule has 3 aromatic rings. The quantitative estimate of drug-likeness (QED) is 0.548. The number of rotatable bonds is 3. The first-order chi connectivity index (χ1) is 12.2. The summed E-state index contributed by atoms with van der Waals surface area (Å²) in [5.74, 6) is -1.11. The van der Waals surface area contributed by atoms with Gasteiger partial charge in [-0.15, -0.1) is 0 Å². The van der Waals surface area contributed by atoms with Crippen LogP contribution in [0.4, 0.5) is 23.4 Å². The van der Waals surface area contributed by atoms with Gasteiger partial charge in [0.15, 0.2) is 0 Å². The topological polar surface area (TPSA) is 78.9 Å². The standard InChI is InChI=1S/C15H9ClF4N6/c1-7(15(18,19)20)24-13-11(9-3-2-8(5-21)4-10(9)17)12(16)25-14-22-6-23-26(13)14/h2-4,6-7,24H,1H3. The minimum Gasteiger partial charge on any atom is -0.358 e. The third-order valence-electron chi connectivity index (χ3n) is 3.59. The van der Waals surface area contributed by atoms with Crippen molar-refractivity contribution < 1.29 is 17.6 Å². The molecule has 26 heavy (non-hydrogen) atoms. The predicted octanol–water partition coefficient (Wildman–Crippen LogP) is 3.82. The molecule has 0 radical (unpaired) electrons. The Kier molecular flexibility index (Phi) is 4.41. The fourth-order valence-corrected chi connectivity index (χ4v) is 2.53. The smallest absolute Gasteiger partial charge is 0.358 e. The highest BCUT2D eigenvalue weighted by Crippen LogP contribution is 2.37. The molecule has 0 saturated carbocycles. The lowest BCUT2D eigenvalue weighted by Crippen LogP contribution is -2.34. The van der Waals surface area contributed by atoms with E-state index >= 15 is 0 Å². The SMILES string of the molecule is CC(Nc1c(-c2ccc(C#N)cc2F)c(Cl)nc2ncnn12)C(F)(F)F. The summed E-state index contributed by atoms with van der Waals surface area (Å²) >= 11 is 6.10. The van der Waals surface area contributed by atoms with E-state index in [-0.39, 0.29) is 33.4 Å². The molecular weight excluding hydrogens is 376 g/mol. The summed E-state index contributed by atoms with van der Waals surface area (Å²) < 4.78 is 54.5. The van der Waals surface area contributed by atoms with Gasteiger partial charge in [-0.25, -0.2) is 4.39 Å². The Bertz CT molecular complexity index is 1020. The molecule has 0 amide bonds. The van der Waals surface area contributed by atoms with Crippen LogP contribution in [0.2, 0.25) is 5.15 Å². The molecule has 0 aliphatic carbocycles. The number of halogens is 5. The normalized spacial score (nSPS) is 12.8. The molecule has 2 aromatic heterocycles. The summed E-state index contributed by atoms with van der Waals surface area (Å²) in [6.45, 7) is 0.899.